The molecule has 0 bridgehead atoms. The highest BCUT2D eigenvalue weighted by Gasteiger charge is 2.26. The first-order chi connectivity index (χ1) is 33.2. The van der Waals surface area contributed by atoms with Gasteiger partial charge >= 0.3 is 0 Å². The van der Waals surface area contributed by atoms with Crippen molar-refractivity contribution in [2.75, 3.05) is 0 Å². The molecule has 5 nitrogen and oxygen atoms in total. The number of nitrogens with zero attached hydrogens (tertiary/aromatic N) is 4. The van der Waals surface area contributed by atoms with Crippen molar-refractivity contribution in [3.8, 4) is 101 Å². The van der Waals surface area contributed by atoms with Crippen LogP contribution in [0.25, 0.3) is 123 Å². The summed E-state index contributed by atoms with van der Waals surface area (Å²) in [4.78, 5) is 21.3. The van der Waals surface area contributed by atoms with E-state index in [0.29, 0.717) is 17.5 Å². The predicted octanol–water partition coefficient (Wildman–Crippen LogP) is 16.2. The fourth-order valence-electron chi connectivity index (χ4n) is 9.22. The van der Waals surface area contributed by atoms with Gasteiger partial charge in [0.2, 0.25) is 0 Å². The van der Waals surface area contributed by atoms with E-state index in [1.54, 1.807) is 0 Å². The van der Waals surface area contributed by atoms with Gasteiger partial charge in [0, 0.05) is 60.8 Å². The van der Waals surface area contributed by atoms with Crippen LogP contribution >= 0.6 is 0 Å². The van der Waals surface area contributed by atoms with Crippen LogP contribution in [-0.4, -0.2) is 19.9 Å². The van der Waals surface area contributed by atoms with Gasteiger partial charge in [-0.3, -0.25) is 0 Å². The summed E-state index contributed by atoms with van der Waals surface area (Å²) >= 11 is 0. The lowest BCUT2D eigenvalue weighted by molar-refractivity contribution is 0.670. The summed E-state index contributed by atoms with van der Waals surface area (Å²) in [6, 6.07) is 83.9. The van der Waals surface area contributed by atoms with Crippen LogP contribution in [0.15, 0.2) is 247 Å². The normalized spacial score (nSPS) is 11.3. The van der Waals surface area contributed by atoms with Crippen LogP contribution in [0.4, 0.5) is 0 Å². The number of furan rings is 1. The van der Waals surface area contributed by atoms with E-state index in [-0.39, 0.29) is 0 Å². The molecule has 12 aromatic rings. The summed E-state index contributed by atoms with van der Waals surface area (Å²) in [5.74, 6) is 1.73. The molecule has 3 heterocycles. The van der Waals surface area contributed by atoms with Gasteiger partial charge in [-0.05, 0) is 40.5 Å². The standard InChI is InChI=1S/C62H40N4O/c1-6-21-41(22-7-1)55-54(56(42-23-8-2-9-24-42)58(44-27-12-4-13-28-44)63-57(55)43-25-10-3-11-26-43)47-32-19-34-49(40-47)62-65-60(45-29-14-5-15-30-45)64-61(66-62)48-33-18-31-46(39-48)50-36-20-37-52-51-35-16-17-38-53(51)67-59(50)52/h1-40H. The monoisotopic (exact) mass is 856 g/mol. The molecule has 3 aromatic heterocycles. The Morgan fingerprint density at radius 2 is 0.642 bits per heavy atom. The largest absolute Gasteiger partial charge is 0.455 e. The van der Waals surface area contributed by atoms with Crippen molar-refractivity contribution in [3.63, 3.8) is 0 Å². The summed E-state index contributed by atoms with van der Waals surface area (Å²) in [6.45, 7) is 0. The van der Waals surface area contributed by atoms with Crippen LogP contribution in [-0.2, 0) is 0 Å². The maximum absolute atomic E-state index is 6.48. The number of benzene rings is 9. The molecule has 67 heavy (non-hydrogen) atoms. The number of rotatable bonds is 9. The number of fused-ring (bicyclic) bond motifs is 3. The molecular weight excluding hydrogens is 817 g/mol. The van der Waals surface area contributed by atoms with Crippen molar-refractivity contribution >= 4 is 21.9 Å². The Labute approximate surface area is 388 Å². The minimum Gasteiger partial charge on any atom is -0.455 e. The zero-order valence-electron chi connectivity index (χ0n) is 36.3. The highest BCUT2D eigenvalue weighted by molar-refractivity contribution is 6.10. The van der Waals surface area contributed by atoms with Gasteiger partial charge in [-0.2, -0.15) is 0 Å². The van der Waals surface area contributed by atoms with Crippen molar-refractivity contribution in [3.05, 3.63) is 243 Å². The van der Waals surface area contributed by atoms with E-state index >= 15 is 0 Å². The third kappa shape index (κ3) is 7.44. The third-order valence-electron chi connectivity index (χ3n) is 12.3. The first kappa shape index (κ1) is 39.5. The molecule has 0 aliphatic rings. The van der Waals surface area contributed by atoms with Crippen LogP contribution in [0.5, 0.6) is 0 Å². The van der Waals surface area contributed by atoms with Crippen molar-refractivity contribution < 1.29 is 4.42 Å². The molecule has 0 radical (unpaired) electrons. The molecule has 12 rings (SSSR count). The molecule has 0 aliphatic heterocycles. The molecule has 0 aliphatic carbocycles. The third-order valence-corrected chi connectivity index (χ3v) is 12.3. The molecule has 9 aromatic carbocycles. The molecular formula is C62H40N4O. The minimum atomic E-state index is 0.568. The molecule has 5 heteroatoms. The van der Waals surface area contributed by atoms with Crippen molar-refractivity contribution in [1.29, 1.82) is 0 Å². The van der Waals surface area contributed by atoms with Crippen LogP contribution in [0, 0.1) is 0 Å². The second kappa shape index (κ2) is 17.1. The van der Waals surface area contributed by atoms with E-state index in [4.69, 9.17) is 24.4 Å². The summed E-state index contributed by atoms with van der Waals surface area (Å²) < 4.78 is 6.48. The number of para-hydroxylation sites is 2. The van der Waals surface area contributed by atoms with Gasteiger partial charge < -0.3 is 4.42 Å². The van der Waals surface area contributed by atoms with Crippen molar-refractivity contribution in [1.82, 2.24) is 19.9 Å². The Hall–Kier alpha value is -9.06. The second-order valence-electron chi connectivity index (χ2n) is 16.5. The van der Waals surface area contributed by atoms with Crippen molar-refractivity contribution in [2.45, 2.75) is 0 Å². The fraction of sp³-hybridized carbons (Fsp3) is 0. The lowest BCUT2D eigenvalue weighted by atomic mass is 9.83. The van der Waals surface area contributed by atoms with Gasteiger partial charge in [-0.15, -0.1) is 0 Å². The first-order valence-electron chi connectivity index (χ1n) is 22.5. The zero-order valence-corrected chi connectivity index (χ0v) is 36.3. The number of hydrogen-bond acceptors (Lipinski definition) is 5. The average molecular weight is 857 g/mol. The van der Waals surface area contributed by atoms with Crippen LogP contribution in [0.3, 0.4) is 0 Å². The molecule has 0 fully saturated rings. The van der Waals surface area contributed by atoms with E-state index in [0.717, 1.165) is 106 Å². The van der Waals surface area contributed by atoms with Gasteiger partial charge in [0.15, 0.2) is 17.5 Å². The molecule has 0 saturated heterocycles. The Bertz CT molecular complexity index is 3620. The number of hydrogen-bond donors (Lipinski definition) is 0. The highest BCUT2D eigenvalue weighted by Crippen LogP contribution is 2.49. The van der Waals surface area contributed by atoms with E-state index in [1.165, 1.54) is 0 Å². The zero-order chi connectivity index (χ0) is 44.5. The lowest BCUT2D eigenvalue weighted by Gasteiger charge is -2.23. The smallest absolute Gasteiger partial charge is 0.164 e. The molecule has 0 atom stereocenters. The van der Waals surface area contributed by atoms with E-state index in [9.17, 15) is 0 Å². The Morgan fingerprint density at radius 3 is 1.19 bits per heavy atom. The van der Waals surface area contributed by atoms with Crippen LogP contribution in [0.1, 0.15) is 0 Å². The van der Waals surface area contributed by atoms with Gasteiger partial charge in [0.05, 0.1) is 11.4 Å². The molecule has 0 N–H and O–H groups in total. The summed E-state index contributed by atoms with van der Waals surface area (Å²) in [7, 11) is 0. The second-order valence-corrected chi connectivity index (χ2v) is 16.5. The highest BCUT2D eigenvalue weighted by atomic mass is 16.3. The summed E-state index contributed by atoms with van der Waals surface area (Å²) in [5.41, 5.74) is 16.5. The summed E-state index contributed by atoms with van der Waals surface area (Å²) in [6.07, 6.45) is 0. The Kier molecular flexibility index (Phi) is 10.1. The SMILES string of the molecule is c1ccc(-c2nc(-c3cccc(-c4c(-c5ccccc5)c(-c5ccccc5)nc(-c5ccccc5)c4-c4ccccc4)c3)nc(-c3cccc(-c4cccc5c4oc4ccccc45)c3)n2)cc1. The Morgan fingerprint density at radius 1 is 0.254 bits per heavy atom. The lowest BCUT2D eigenvalue weighted by Crippen LogP contribution is -2.02. The maximum atomic E-state index is 6.48. The molecule has 0 spiro atoms. The van der Waals surface area contributed by atoms with Crippen molar-refractivity contribution in [2.24, 2.45) is 0 Å². The maximum Gasteiger partial charge on any atom is 0.164 e. The minimum absolute atomic E-state index is 0.568. The van der Waals surface area contributed by atoms with E-state index < -0.39 is 0 Å². The number of pyridine rings is 1. The van der Waals surface area contributed by atoms with Gasteiger partial charge in [-0.25, -0.2) is 19.9 Å². The summed E-state index contributed by atoms with van der Waals surface area (Å²) in [5, 5.41) is 2.18. The Balaban J connectivity index is 1.09. The van der Waals surface area contributed by atoms with Gasteiger partial charge in [0.1, 0.15) is 11.2 Å². The van der Waals surface area contributed by atoms with Gasteiger partial charge in [-0.1, -0.05) is 224 Å². The topological polar surface area (TPSA) is 64.7 Å². The molecule has 0 amide bonds. The number of aromatic nitrogens is 4. The quantitative estimate of drug-likeness (QED) is 0.145. The predicted molar refractivity (Wildman–Crippen MR) is 274 cm³/mol. The van der Waals surface area contributed by atoms with E-state index in [2.05, 4.69) is 194 Å². The average Bonchev–Trinajstić information content (AvgIpc) is 3.80. The van der Waals surface area contributed by atoms with E-state index in [1.807, 2.05) is 48.5 Å². The molecule has 314 valence electrons. The first-order valence-corrected chi connectivity index (χ1v) is 22.5. The fourth-order valence-corrected chi connectivity index (χ4v) is 9.22. The van der Waals surface area contributed by atoms with Gasteiger partial charge in [0.25, 0.3) is 0 Å². The molecule has 0 saturated carbocycles. The van der Waals surface area contributed by atoms with Crippen LogP contribution in [0.2, 0.25) is 0 Å². The molecule has 0 unspecified atom stereocenters. The van der Waals surface area contributed by atoms with Crippen LogP contribution < -0.4 is 0 Å².